The van der Waals surface area contributed by atoms with Gasteiger partial charge in [-0.1, -0.05) is 54.6 Å². The van der Waals surface area contributed by atoms with Crippen LogP contribution in [0.15, 0.2) is 67.0 Å². The second-order valence-electron chi connectivity index (χ2n) is 4.86. The van der Waals surface area contributed by atoms with Crippen molar-refractivity contribution in [2.75, 3.05) is 0 Å². The minimum atomic E-state index is 0.0843. The van der Waals surface area contributed by atoms with Crippen LogP contribution >= 0.6 is 0 Å². The number of nitrogens with two attached hydrogens (primary N) is 1. The number of benzene rings is 2. The van der Waals surface area contributed by atoms with Gasteiger partial charge in [-0.3, -0.25) is 10.1 Å². The molecule has 2 aromatic carbocycles. The van der Waals surface area contributed by atoms with Crippen LogP contribution in [0.5, 0.6) is 0 Å². The fourth-order valence-electron chi connectivity index (χ4n) is 2.33. The Morgan fingerprint density at radius 2 is 1.71 bits per heavy atom. The lowest BCUT2D eigenvalue weighted by molar-refractivity contribution is 0.686. The van der Waals surface area contributed by atoms with Crippen molar-refractivity contribution in [1.82, 2.24) is 9.78 Å². The lowest BCUT2D eigenvalue weighted by atomic mass is 10.1. The number of aromatic nitrogens is 2. The fourth-order valence-corrected chi connectivity index (χ4v) is 2.33. The molecule has 0 atom stereocenters. The van der Waals surface area contributed by atoms with E-state index >= 15 is 0 Å². The van der Waals surface area contributed by atoms with Gasteiger partial charge in [0.25, 0.3) is 0 Å². The van der Waals surface area contributed by atoms with E-state index in [0.717, 1.165) is 22.3 Å². The summed E-state index contributed by atoms with van der Waals surface area (Å²) in [5.74, 6) is 0.0843. The largest absolute Gasteiger partial charge is 0.384 e. The van der Waals surface area contributed by atoms with Crippen molar-refractivity contribution in [1.29, 1.82) is 5.41 Å². The van der Waals surface area contributed by atoms with Gasteiger partial charge >= 0.3 is 0 Å². The molecule has 1 heterocycles. The Kier molecular flexibility index (Phi) is 3.51. The number of rotatable bonds is 4. The Labute approximate surface area is 123 Å². The van der Waals surface area contributed by atoms with E-state index in [1.165, 1.54) is 0 Å². The fraction of sp³-hybridized carbons (Fsp3) is 0.0588. The minimum Gasteiger partial charge on any atom is -0.384 e. The number of nitrogens with zero attached hydrogens (tertiary/aromatic N) is 2. The number of hydrogen-bond acceptors (Lipinski definition) is 2. The van der Waals surface area contributed by atoms with Gasteiger partial charge in [0.15, 0.2) is 0 Å². The number of amidine groups is 1. The zero-order valence-electron chi connectivity index (χ0n) is 11.5. The maximum absolute atomic E-state index is 7.63. The van der Waals surface area contributed by atoms with E-state index in [1.807, 2.05) is 59.5 Å². The molecule has 1 aromatic heterocycles. The van der Waals surface area contributed by atoms with E-state index in [4.69, 9.17) is 11.1 Å². The standard InChI is InChI=1S/C17H16N4/c18-17(19)16-9-5-4-8-14(16)11-21-12-15(10-20-21)13-6-2-1-3-7-13/h1-10,12H,11H2,(H3,18,19). The van der Waals surface area contributed by atoms with Gasteiger partial charge in [0.05, 0.1) is 12.7 Å². The highest BCUT2D eigenvalue weighted by Gasteiger charge is 2.07. The summed E-state index contributed by atoms with van der Waals surface area (Å²) in [7, 11) is 0. The summed E-state index contributed by atoms with van der Waals surface area (Å²) in [6.45, 7) is 0.600. The molecule has 0 aliphatic rings. The monoisotopic (exact) mass is 276 g/mol. The number of nitrogen functional groups attached to an aromatic ring is 1. The smallest absolute Gasteiger partial charge is 0.123 e. The molecule has 21 heavy (non-hydrogen) atoms. The third-order valence-electron chi connectivity index (χ3n) is 3.38. The normalized spacial score (nSPS) is 10.5. The third kappa shape index (κ3) is 2.84. The van der Waals surface area contributed by atoms with Crippen molar-refractivity contribution in [2.45, 2.75) is 6.54 Å². The number of hydrogen-bond donors (Lipinski definition) is 2. The van der Waals surface area contributed by atoms with Crippen LogP contribution in [0.4, 0.5) is 0 Å². The summed E-state index contributed by atoms with van der Waals surface area (Å²) in [4.78, 5) is 0. The van der Waals surface area contributed by atoms with Crippen molar-refractivity contribution in [3.8, 4) is 11.1 Å². The molecule has 0 spiro atoms. The van der Waals surface area contributed by atoms with Gasteiger partial charge < -0.3 is 5.73 Å². The van der Waals surface area contributed by atoms with Crippen LogP contribution in [0.3, 0.4) is 0 Å². The highest BCUT2D eigenvalue weighted by molar-refractivity contribution is 5.96. The molecule has 0 amide bonds. The van der Waals surface area contributed by atoms with Crippen LogP contribution in [0, 0.1) is 5.41 Å². The SMILES string of the molecule is N=C(N)c1ccccc1Cn1cc(-c2ccccc2)cn1. The first-order valence-corrected chi connectivity index (χ1v) is 6.74. The molecule has 104 valence electrons. The van der Waals surface area contributed by atoms with Crippen LogP contribution in [-0.2, 0) is 6.54 Å². The first-order valence-electron chi connectivity index (χ1n) is 6.74. The van der Waals surface area contributed by atoms with Gasteiger partial charge in [0.1, 0.15) is 5.84 Å². The van der Waals surface area contributed by atoms with Crippen LogP contribution in [0.1, 0.15) is 11.1 Å². The van der Waals surface area contributed by atoms with E-state index in [-0.39, 0.29) is 5.84 Å². The Morgan fingerprint density at radius 1 is 1.00 bits per heavy atom. The molecule has 0 aliphatic carbocycles. The molecule has 3 N–H and O–H groups in total. The van der Waals surface area contributed by atoms with E-state index in [1.54, 1.807) is 0 Å². The maximum atomic E-state index is 7.63. The Bertz CT molecular complexity index is 759. The quantitative estimate of drug-likeness (QED) is 0.568. The molecule has 0 bridgehead atoms. The maximum Gasteiger partial charge on any atom is 0.123 e. The first kappa shape index (κ1) is 13.1. The summed E-state index contributed by atoms with van der Waals surface area (Å²) >= 11 is 0. The first-order chi connectivity index (χ1) is 10.2. The highest BCUT2D eigenvalue weighted by Crippen LogP contribution is 2.18. The van der Waals surface area contributed by atoms with Crippen LogP contribution in [-0.4, -0.2) is 15.6 Å². The summed E-state index contributed by atoms with van der Waals surface area (Å²) in [5.41, 5.74) is 9.59. The molecular formula is C17H16N4. The molecule has 0 unspecified atom stereocenters. The molecule has 0 radical (unpaired) electrons. The predicted octanol–water partition coefficient (Wildman–Crippen LogP) is 2.88. The van der Waals surface area contributed by atoms with Gasteiger partial charge in [-0.25, -0.2) is 0 Å². The lowest BCUT2D eigenvalue weighted by Crippen LogP contribution is -2.15. The second-order valence-corrected chi connectivity index (χ2v) is 4.86. The van der Waals surface area contributed by atoms with Gasteiger partial charge in [0, 0.05) is 17.3 Å². The number of nitrogens with one attached hydrogen (secondary N) is 1. The average molecular weight is 276 g/mol. The van der Waals surface area contributed by atoms with Crippen molar-refractivity contribution < 1.29 is 0 Å². The molecule has 0 fully saturated rings. The van der Waals surface area contributed by atoms with E-state index < -0.39 is 0 Å². The van der Waals surface area contributed by atoms with Crippen LogP contribution in [0.2, 0.25) is 0 Å². The molecule has 3 aromatic rings. The third-order valence-corrected chi connectivity index (χ3v) is 3.38. The summed E-state index contributed by atoms with van der Waals surface area (Å²) in [6, 6.07) is 17.8. The van der Waals surface area contributed by atoms with E-state index in [9.17, 15) is 0 Å². The molecule has 0 aliphatic heterocycles. The molecule has 3 rings (SSSR count). The topological polar surface area (TPSA) is 67.7 Å². The molecule has 0 saturated carbocycles. The predicted molar refractivity (Wildman–Crippen MR) is 84.2 cm³/mol. The molecule has 4 nitrogen and oxygen atoms in total. The van der Waals surface area contributed by atoms with Crippen molar-refractivity contribution >= 4 is 5.84 Å². The van der Waals surface area contributed by atoms with Gasteiger partial charge in [-0.2, -0.15) is 5.10 Å². The molecule has 4 heteroatoms. The average Bonchev–Trinajstić information content (AvgIpc) is 2.97. The summed E-state index contributed by atoms with van der Waals surface area (Å²) in [6.07, 6.45) is 3.86. The Balaban J connectivity index is 1.87. The molecule has 0 saturated heterocycles. The Morgan fingerprint density at radius 3 is 2.48 bits per heavy atom. The van der Waals surface area contributed by atoms with Gasteiger partial charge in [0.2, 0.25) is 0 Å². The second kappa shape index (κ2) is 5.63. The van der Waals surface area contributed by atoms with Crippen LogP contribution in [0.25, 0.3) is 11.1 Å². The molecular weight excluding hydrogens is 260 g/mol. The van der Waals surface area contributed by atoms with E-state index in [0.29, 0.717) is 6.54 Å². The highest BCUT2D eigenvalue weighted by atomic mass is 15.3. The zero-order valence-corrected chi connectivity index (χ0v) is 11.5. The zero-order chi connectivity index (χ0) is 14.7. The van der Waals surface area contributed by atoms with Gasteiger partial charge in [-0.05, 0) is 11.1 Å². The lowest BCUT2D eigenvalue weighted by Gasteiger charge is -2.07. The summed E-state index contributed by atoms with van der Waals surface area (Å²) < 4.78 is 1.87. The van der Waals surface area contributed by atoms with Gasteiger partial charge in [-0.15, -0.1) is 0 Å². The van der Waals surface area contributed by atoms with E-state index in [2.05, 4.69) is 17.2 Å². The summed E-state index contributed by atoms with van der Waals surface area (Å²) in [5, 5.41) is 12.0. The van der Waals surface area contributed by atoms with Crippen molar-refractivity contribution in [2.24, 2.45) is 5.73 Å². The Hall–Kier alpha value is -2.88. The minimum absolute atomic E-state index is 0.0843. The van der Waals surface area contributed by atoms with Crippen molar-refractivity contribution in [3.05, 3.63) is 78.1 Å². The van der Waals surface area contributed by atoms with Crippen LogP contribution < -0.4 is 5.73 Å². The van der Waals surface area contributed by atoms with Crippen molar-refractivity contribution in [3.63, 3.8) is 0 Å².